The Morgan fingerprint density at radius 1 is 0.769 bits per heavy atom. The summed E-state index contributed by atoms with van der Waals surface area (Å²) in [7, 11) is 0. The van der Waals surface area contributed by atoms with E-state index in [2.05, 4.69) is 9.97 Å². The number of benzene rings is 2. The molecule has 0 aliphatic heterocycles. The molecule has 0 amide bonds. The Labute approximate surface area is 154 Å². The van der Waals surface area contributed by atoms with E-state index in [1.807, 2.05) is 0 Å². The first kappa shape index (κ1) is 16.5. The Hall–Kier alpha value is -2.98. The molecule has 0 radical (unpaired) electrons. The molecule has 0 saturated heterocycles. The standard InChI is InChI=1S/C16H10N4O4S2/c21-19(22)9-1-3-11-13(7-9)25-15(17-11)5-6-16-18-12-4-2-10(20(23)24)8-14(12)26-16/h1-4,7-8H,5-6H2. The van der Waals surface area contributed by atoms with Crippen molar-refractivity contribution >= 4 is 54.5 Å². The molecule has 0 unspecified atom stereocenters. The van der Waals surface area contributed by atoms with Crippen LogP contribution in [0, 0.1) is 20.2 Å². The van der Waals surface area contributed by atoms with Gasteiger partial charge < -0.3 is 0 Å². The second-order valence-corrected chi connectivity index (χ2v) is 7.76. The Morgan fingerprint density at radius 2 is 1.19 bits per heavy atom. The van der Waals surface area contributed by atoms with Crippen LogP contribution >= 0.6 is 22.7 Å². The topological polar surface area (TPSA) is 112 Å². The number of thiazole rings is 2. The molecule has 2 aromatic heterocycles. The van der Waals surface area contributed by atoms with Crippen molar-refractivity contribution in [3.63, 3.8) is 0 Å². The number of hydrogen-bond donors (Lipinski definition) is 0. The molecular weight excluding hydrogens is 376 g/mol. The number of nitro groups is 2. The molecule has 0 spiro atoms. The molecule has 4 rings (SSSR count). The number of aryl methyl sites for hydroxylation is 2. The average molecular weight is 386 g/mol. The maximum absolute atomic E-state index is 10.9. The molecule has 0 aliphatic rings. The first-order valence-electron chi connectivity index (χ1n) is 7.57. The SMILES string of the molecule is O=[N+]([O-])c1ccc2nc(CCc3nc4ccc([N+](=O)[O-])cc4s3)sc2c1. The lowest BCUT2D eigenvalue weighted by Gasteiger charge is -1.91. The summed E-state index contributed by atoms with van der Waals surface area (Å²) in [5.41, 5.74) is 1.60. The number of nitrogens with zero attached hydrogens (tertiary/aromatic N) is 4. The largest absolute Gasteiger partial charge is 0.270 e. The van der Waals surface area contributed by atoms with Gasteiger partial charge in [-0.2, -0.15) is 0 Å². The van der Waals surface area contributed by atoms with Gasteiger partial charge in [0.05, 0.1) is 40.3 Å². The van der Waals surface area contributed by atoms with Crippen LogP contribution in [0.2, 0.25) is 0 Å². The van der Waals surface area contributed by atoms with Crippen molar-refractivity contribution in [3.05, 3.63) is 66.6 Å². The normalized spacial score (nSPS) is 11.2. The molecule has 0 fully saturated rings. The van der Waals surface area contributed by atoms with Gasteiger partial charge in [-0.1, -0.05) is 0 Å². The van der Waals surface area contributed by atoms with Gasteiger partial charge in [-0.15, -0.1) is 22.7 Å². The van der Waals surface area contributed by atoms with E-state index in [4.69, 9.17) is 0 Å². The fourth-order valence-corrected chi connectivity index (χ4v) is 4.58. The van der Waals surface area contributed by atoms with E-state index in [1.165, 1.54) is 46.9 Å². The molecule has 0 N–H and O–H groups in total. The minimum absolute atomic E-state index is 0.0560. The smallest absolute Gasteiger partial charge is 0.258 e. The van der Waals surface area contributed by atoms with Gasteiger partial charge in [0.2, 0.25) is 0 Å². The van der Waals surface area contributed by atoms with E-state index in [0.29, 0.717) is 12.8 Å². The number of nitro benzene ring substituents is 2. The molecule has 8 nitrogen and oxygen atoms in total. The predicted molar refractivity (Wildman–Crippen MR) is 100.0 cm³/mol. The summed E-state index contributed by atoms with van der Waals surface area (Å²) >= 11 is 2.87. The number of rotatable bonds is 5. The van der Waals surface area contributed by atoms with Crippen molar-refractivity contribution in [2.45, 2.75) is 12.8 Å². The number of non-ortho nitro benzene ring substituents is 2. The third kappa shape index (κ3) is 3.11. The van der Waals surface area contributed by atoms with E-state index in [-0.39, 0.29) is 11.4 Å². The highest BCUT2D eigenvalue weighted by Gasteiger charge is 2.13. The molecule has 0 bridgehead atoms. The van der Waals surface area contributed by atoms with Crippen LogP contribution in [-0.4, -0.2) is 19.8 Å². The quantitative estimate of drug-likeness (QED) is 0.368. The van der Waals surface area contributed by atoms with E-state index >= 15 is 0 Å². The van der Waals surface area contributed by atoms with Crippen LogP contribution in [0.5, 0.6) is 0 Å². The highest BCUT2D eigenvalue weighted by molar-refractivity contribution is 7.19. The van der Waals surface area contributed by atoms with Crippen molar-refractivity contribution in [3.8, 4) is 0 Å². The summed E-state index contributed by atoms with van der Waals surface area (Å²) in [5, 5.41) is 23.5. The van der Waals surface area contributed by atoms with E-state index < -0.39 is 9.85 Å². The molecular formula is C16H10N4O4S2. The molecule has 26 heavy (non-hydrogen) atoms. The molecule has 10 heteroatoms. The van der Waals surface area contributed by atoms with Gasteiger partial charge in [0.1, 0.15) is 0 Å². The Balaban J connectivity index is 1.54. The van der Waals surface area contributed by atoms with E-state index in [1.54, 1.807) is 12.1 Å². The van der Waals surface area contributed by atoms with Crippen molar-refractivity contribution in [1.29, 1.82) is 0 Å². The monoisotopic (exact) mass is 386 g/mol. The summed E-state index contributed by atoms with van der Waals surface area (Å²) in [6.45, 7) is 0. The number of hydrogen-bond acceptors (Lipinski definition) is 8. The van der Waals surface area contributed by atoms with Crippen molar-refractivity contribution in [1.82, 2.24) is 9.97 Å². The zero-order valence-electron chi connectivity index (χ0n) is 13.1. The molecule has 0 aliphatic carbocycles. The second kappa shape index (κ2) is 6.39. The fourth-order valence-electron chi connectivity index (χ4n) is 2.58. The summed E-state index contributed by atoms with van der Waals surface area (Å²) < 4.78 is 1.57. The van der Waals surface area contributed by atoms with Crippen molar-refractivity contribution < 1.29 is 9.85 Å². The molecule has 0 atom stereocenters. The summed E-state index contributed by atoms with van der Waals surface area (Å²) in [4.78, 5) is 29.9. The lowest BCUT2D eigenvalue weighted by molar-refractivity contribution is -0.384. The van der Waals surface area contributed by atoms with Crippen LogP contribution in [0.4, 0.5) is 11.4 Å². The molecule has 2 aromatic carbocycles. The van der Waals surface area contributed by atoms with Gasteiger partial charge in [0, 0.05) is 37.1 Å². The van der Waals surface area contributed by atoms with Crippen LogP contribution < -0.4 is 0 Å². The van der Waals surface area contributed by atoms with Gasteiger partial charge in [-0.3, -0.25) is 20.2 Å². The number of fused-ring (bicyclic) bond motifs is 2. The summed E-state index contributed by atoms with van der Waals surface area (Å²) in [6, 6.07) is 9.29. The summed E-state index contributed by atoms with van der Waals surface area (Å²) in [6.07, 6.45) is 1.32. The van der Waals surface area contributed by atoms with Gasteiger partial charge in [0.25, 0.3) is 11.4 Å². The minimum Gasteiger partial charge on any atom is -0.258 e. The van der Waals surface area contributed by atoms with Gasteiger partial charge in [-0.05, 0) is 12.1 Å². The Kier molecular flexibility index (Phi) is 4.05. The lowest BCUT2D eigenvalue weighted by atomic mass is 10.3. The van der Waals surface area contributed by atoms with Crippen LogP contribution in [0.3, 0.4) is 0 Å². The molecule has 130 valence electrons. The Morgan fingerprint density at radius 3 is 1.58 bits per heavy atom. The number of aromatic nitrogens is 2. The summed E-state index contributed by atoms with van der Waals surface area (Å²) in [5.74, 6) is 0. The highest BCUT2D eigenvalue weighted by Crippen LogP contribution is 2.29. The van der Waals surface area contributed by atoms with Crippen LogP contribution in [0.1, 0.15) is 10.0 Å². The zero-order valence-corrected chi connectivity index (χ0v) is 14.7. The van der Waals surface area contributed by atoms with Crippen molar-refractivity contribution in [2.75, 3.05) is 0 Å². The van der Waals surface area contributed by atoms with Gasteiger partial charge >= 0.3 is 0 Å². The van der Waals surface area contributed by atoms with Crippen LogP contribution in [0.15, 0.2) is 36.4 Å². The van der Waals surface area contributed by atoms with E-state index in [0.717, 1.165) is 30.4 Å². The lowest BCUT2D eigenvalue weighted by Crippen LogP contribution is -1.89. The second-order valence-electron chi connectivity index (χ2n) is 5.53. The first-order chi connectivity index (χ1) is 12.5. The van der Waals surface area contributed by atoms with Crippen LogP contribution in [-0.2, 0) is 12.8 Å². The van der Waals surface area contributed by atoms with Gasteiger partial charge in [-0.25, -0.2) is 9.97 Å². The average Bonchev–Trinajstić information content (AvgIpc) is 3.21. The van der Waals surface area contributed by atoms with E-state index in [9.17, 15) is 20.2 Å². The molecule has 2 heterocycles. The minimum atomic E-state index is -0.418. The Bertz CT molecular complexity index is 1080. The maximum Gasteiger partial charge on any atom is 0.270 e. The fraction of sp³-hybridized carbons (Fsp3) is 0.125. The third-order valence-corrected chi connectivity index (χ3v) is 5.96. The predicted octanol–water partition coefficient (Wildman–Crippen LogP) is 4.51. The highest BCUT2D eigenvalue weighted by atomic mass is 32.1. The molecule has 4 aromatic rings. The maximum atomic E-state index is 10.9. The van der Waals surface area contributed by atoms with Crippen LogP contribution in [0.25, 0.3) is 20.4 Å². The van der Waals surface area contributed by atoms with Crippen molar-refractivity contribution in [2.24, 2.45) is 0 Å². The molecule has 0 saturated carbocycles. The third-order valence-electron chi connectivity index (χ3n) is 3.81. The van der Waals surface area contributed by atoms with Gasteiger partial charge in [0.15, 0.2) is 0 Å². The first-order valence-corrected chi connectivity index (χ1v) is 9.20. The zero-order chi connectivity index (χ0) is 18.3.